The van der Waals surface area contributed by atoms with E-state index in [4.69, 9.17) is 0 Å². The topological polar surface area (TPSA) is 119 Å². The van der Waals surface area contributed by atoms with E-state index in [0.29, 0.717) is 15.8 Å². The molecule has 1 aromatic carbocycles. The molecular formula is C17H15N5O4S. The fourth-order valence-electron chi connectivity index (χ4n) is 2.47. The number of thiophene rings is 1. The van der Waals surface area contributed by atoms with Crippen molar-refractivity contribution in [2.45, 2.75) is 20.4 Å². The van der Waals surface area contributed by atoms with Crippen molar-refractivity contribution in [1.82, 2.24) is 15.0 Å². The van der Waals surface area contributed by atoms with E-state index in [2.05, 4.69) is 15.5 Å². The lowest BCUT2D eigenvalue weighted by Crippen LogP contribution is -2.30. The van der Waals surface area contributed by atoms with Gasteiger partial charge in [-0.15, -0.1) is 11.3 Å². The Hall–Kier alpha value is -3.40. The first-order valence-electron chi connectivity index (χ1n) is 7.88. The summed E-state index contributed by atoms with van der Waals surface area (Å²) in [5.74, 6) is -0.510. The molecule has 0 atom stereocenters. The lowest BCUT2D eigenvalue weighted by Gasteiger charge is -2.04. The third-order valence-electron chi connectivity index (χ3n) is 3.95. The summed E-state index contributed by atoms with van der Waals surface area (Å²) < 4.78 is 1.22. The van der Waals surface area contributed by atoms with Gasteiger partial charge < -0.3 is 0 Å². The minimum absolute atomic E-state index is 0.0716. The Kier molecular flexibility index (Phi) is 5.08. The first-order valence-corrected chi connectivity index (χ1v) is 8.70. The largest absolute Gasteiger partial charge is 0.289 e. The molecule has 0 bridgehead atoms. The molecule has 0 spiro atoms. The van der Waals surface area contributed by atoms with Gasteiger partial charge in [-0.3, -0.25) is 24.3 Å². The van der Waals surface area contributed by atoms with E-state index in [1.807, 2.05) is 13.8 Å². The van der Waals surface area contributed by atoms with Gasteiger partial charge in [-0.05, 0) is 19.4 Å². The number of rotatable bonds is 5. The minimum Gasteiger partial charge on any atom is -0.289 e. The first kappa shape index (κ1) is 18.4. The molecule has 138 valence electrons. The van der Waals surface area contributed by atoms with Crippen LogP contribution in [0.4, 0.5) is 5.69 Å². The Labute approximate surface area is 157 Å². The number of nitrogens with one attached hydrogen (secondary N) is 1. The molecule has 9 nitrogen and oxygen atoms in total. The van der Waals surface area contributed by atoms with Crippen LogP contribution in [0.25, 0.3) is 10.2 Å². The Morgan fingerprint density at radius 3 is 2.96 bits per heavy atom. The first-order chi connectivity index (χ1) is 12.9. The molecule has 2 heterocycles. The molecule has 0 aliphatic rings. The van der Waals surface area contributed by atoms with Crippen LogP contribution in [-0.2, 0) is 11.3 Å². The molecule has 1 N–H and O–H groups in total. The zero-order valence-corrected chi connectivity index (χ0v) is 15.3. The number of aromatic nitrogens is 2. The van der Waals surface area contributed by atoms with E-state index >= 15 is 0 Å². The number of hydrazone groups is 1. The molecule has 0 radical (unpaired) electrons. The number of hydrogen-bond acceptors (Lipinski definition) is 7. The maximum atomic E-state index is 12.5. The van der Waals surface area contributed by atoms with Gasteiger partial charge in [0.1, 0.15) is 11.4 Å². The van der Waals surface area contributed by atoms with Crippen molar-refractivity contribution in [3.63, 3.8) is 0 Å². The van der Waals surface area contributed by atoms with Crippen molar-refractivity contribution in [2.75, 3.05) is 0 Å². The van der Waals surface area contributed by atoms with Crippen LogP contribution < -0.4 is 11.0 Å². The van der Waals surface area contributed by atoms with Crippen LogP contribution in [0.1, 0.15) is 16.0 Å². The Morgan fingerprint density at radius 1 is 1.44 bits per heavy atom. The number of aryl methyl sites for hydroxylation is 2. The number of carbonyl (C=O) groups is 1. The van der Waals surface area contributed by atoms with Crippen LogP contribution >= 0.6 is 11.3 Å². The zero-order chi connectivity index (χ0) is 19.6. The Morgan fingerprint density at radius 2 is 2.22 bits per heavy atom. The number of nitrogens with zero attached hydrogens (tertiary/aromatic N) is 4. The van der Waals surface area contributed by atoms with Crippen molar-refractivity contribution in [3.8, 4) is 0 Å². The number of amides is 1. The van der Waals surface area contributed by atoms with E-state index in [0.717, 1.165) is 10.4 Å². The van der Waals surface area contributed by atoms with E-state index in [1.165, 1.54) is 46.6 Å². The number of carbonyl (C=O) groups excluding carboxylic acids is 1. The molecule has 0 saturated carbocycles. The number of hydrogen-bond donors (Lipinski definition) is 1. The molecule has 0 aliphatic heterocycles. The quantitative estimate of drug-likeness (QED) is 0.410. The minimum atomic E-state index is -0.514. The van der Waals surface area contributed by atoms with Crippen molar-refractivity contribution in [3.05, 3.63) is 67.1 Å². The summed E-state index contributed by atoms with van der Waals surface area (Å²) in [6.07, 6.45) is 2.63. The Balaban J connectivity index is 1.71. The number of nitro groups is 1. The molecule has 10 heteroatoms. The molecule has 27 heavy (non-hydrogen) atoms. The molecule has 0 saturated heterocycles. The summed E-state index contributed by atoms with van der Waals surface area (Å²) in [5, 5.41) is 15.0. The monoisotopic (exact) mass is 385 g/mol. The van der Waals surface area contributed by atoms with E-state index in [-0.39, 0.29) is 17.8 Å². The van der Waals surface area contributed by atoms with Gasteiger partial charge in [-0.1, -0.05) is 12.1 Å². The van der Waals surface area contributed by atoms with Crippen molar-refractivity contribution < 1.29 is 9.72 Å². The second-order valence-electron chi connectivity index (χ2n) is 5.79. The number of benzene rings is 1. The van der Waals surface area contributed by atoms with Crippen LogP contribution in [0.15, 0.2) is 40.5 Å². The predicted molar refractivity (Wildman–Crippen MR) is 102 cm³/mol. The maximum absolute atomic E-state index is 12.5. The van der Waals surface area contributed by atoms with E-state index in [9.17, 15) is 19.7 Å². The molecule has 0 fully saturated rings. The lowest BCUT2D eigenvalue weighted by molar-refractivity contribution is -0.384. The average molecular weight is 385 g/mol. The fraction of sp³-hybridized carbons (Fsp3) is 0.176. The molecule has 3 aromatic rings. The summed E-state index contributed by atoms with van der Waals surface area (Å²) >= 11 is 1.44. The highest BCUT2D eigenvalue weighted by Crippen LogP contribution is 2.25. The summed E-state index contributed by atoms with van der Waals surface area (Å²) in [7, 11) is 0. The molecule has 0 aliphatic carbocycles. The smallest absolute Gasteiger partial charge is 0.270 e. The Bertz CT molecular complexity index is 1130. The van der Waals surface area contributed by atoms with E-state index < -0.39 is 10.8 Å². The third kappa shape index (κ3) is 3.90. The van der Waals surface area contributed by atoms with Gasteiger partial charge in [0.25, 0.3) is 17.2 Å². The summed E-state index contributed by atoms with van der Waals surface area (Å²) in [6, 6.07) is 5.83. The van der Waals surface area contributed by atoms with Crippen LogP contribution in [0.3, 0.4) is 0 Å². The SMILES string of the molecule is Cc1sc2ncn(CC(=O)NN=Cc3cccc([N+](=O)[O-])c3)c(=O)c2c1C. The molecular weight excluding hydrogens is 370 g/mol. The van der Waals surface area contributed by atoms with E-state index in [1.54, 1.807) is 6.07 Å². The highest BCUT2D eigenvalue weighted by Gasteiger charge is 2.13. The fourth-order valence-corrected chi connectivity index (χ4v) is 3.46. The summed E-state index contributed by atoms with van der Waals surface area (Å²) in [6.45, 7) is 3.54. The molecule has 1 amide bonds. The second-order valence-corrected chi connectivity index (χ2v) is 6.99. The number of non-ortho nitro benzene ring substituents is 1. The van der Waals surface area contributed by atoms with Gasteiger partial charge in [0, 0.05) is 22.6 Å². The third-order valence-corrected chi connectivity index (χ3v) is 5.07. The predicted octanol–water partition coefficient (Wildman–Crippen LogP) is 2.13. The molecule has 0 unspecified atom stereocenters. The standard InChI is InChI=1S/C17H15N5O4S/c1-10-11(2)27-16-15(10)17(24)21(9-18-16)8-14(23)20-19-7-12-4-3-5-13(6-12)22(25)26/h3-7,9H,8H2,1-2H3,(H,20,23). The van der Waals surface area contributed by atoms with Crippen LogP contribution in [0.5, 0.6) is 0 Å². The van der Waals surface area contributed by atoms with Crippen molar-refractivity contribution >= 4 is 39.4 Å². The average Bonchev–Trinajstić information content (AvgIpc) is 2.92. The molecule has 2 aromatic heterocycles. The van der Waals surface area contributed by atoms with Crippen molar-refractivity contribution in [1.29, 1.82) is 0 Å². The van der Waals surface area contributed by atoms with Crippen LogP contribution in [-0.4, -0.2) is 26.6 Å². The molecule has 3 rings (SSSR count). The second kappa shape index (κ2) is 7.46. The number of fused-ring (bicyclic) bond motifs is 1. The van der Waals surface area contributed by atoms with Gasteiger partial charge in [0.15, 0.2) is 0 Å². The summed E-state index contributed by atoms with van der Waals surface area (Å²) in [5.41, 5.74) is 3.28. The van der Waals surface area contributed by atoms with Crippen LogP contribution in [0.2, 0.25) is 0 Å². The maximum Gasteiger partial charge on any atom is 0.270 e. The lowest BCUT2D eigenvalue weighted by atomic mass is 10.2. The number of nitro benzene ring substituents is 1. The highest BCUT2D eigenvalue weighted by atomic mass is 32.1. The van der Waals surface area contributed by atoms with Gasteiger partial charge in [-0.25, -0.2) is 10.4 Å². The van der Waals surface area contributed by atoms with Crippen LogP contribution in [0, 0.1) is 24.0 Å². The zero-order valence-electron chi connectivity index (χ0n) is 14.5. The summed E-state index contributed by atoms with van der Waals surface area (Å²) in [4.78, 5) is 40.7. The van der Waals surface area contributed by atoms with Gasteiger partial charge in [0.05, 0.1) is 22.9 Å². The highest BCUT2D eigenvalue weighted by molar-refractivity contribution is 7.18. The van der Waals surface area contributed by atoms with Gasteiger partial charge in [0.2, 0.25) is 0 Å². The van der Waals surface area contributed by atoms with Crippen molar-refractivity contribution in [2.24, 2.45) is 5.10 Å². The van der Waals surface area contributed by atoms with Gasteiger partial charge in [-0.2, -0.15) is 5.10 Å². The van der Waals surface area contributed by atoms with Gasteiger partial charge >= 0.3 is 0 Å². The normalized spacial score (nSPS) is 11.2.